The summed E-state index contributed by atoms with van der Waals surface area (Å²) in [6, 6.07) is 5.43. The zero-order chi connectivity index (χ0) is 17.8. The molecule has 1 aromatic heterocycles. The highest BCUT2D eigenvalue weighted by atomic mass is 16.5. The van der Waals surface area contributed by atoms with Gasteiger partial charge in [-0.2, -0.15) is 0 Å². The summed E-state index contributed by atoms with van der Waals surface area (Å²) >= 11 is 0. The number of nitrogens with zero attached hydrogens (tertiary/aromatic N) is 3. The van der Waals surface area contributed by atoms with E-state index in [9.17, 15) is 9.90 Å². The maximum atomic E-state index is 12.2. The average Bonchev–Trinajstić information content (AvgIpc) is 3.17. The van der Waals surface area contributed by atoms with E-state index in [0.29, 0.717) is 25.3 Å². The van der Waals surface area contributed by atoms with Crippen LogP contribution in [0.2, 0.25) is 0 Å². The van der Waals surface area contributed by atoms with Crippen molar-refractivity contribution >= 4 is 22.9 Å². The van der Waals surface area contributed by atoms with Gasteiger partial charge in [-0.1, -0.05) is 0 Å². The van der Waals surface area contributed by atoms with Gasteiger partial charge in [0.05, 0.1) is 37.0 Å². The molecule has 0 aliphatic carbocycles. The number of aliphatic hydroxyl groups excluding tert-OH is 2. The van der Waals surface area contributed by atoms with E-state index in [1.165, 1.54) is 0 Å². The van der Waals surface area contributed by atoms with Crippen molar-refractivity contribution in [1.29, 1.82) is 0 Å². The van der Waals surface area contributed by atoms with Gasteiger partial charge in [0.25, 0.3) is 5.91 Å². The minimum atomic E-state index is -0.311. The third-order valence-corrected chi connectivity index (χ3v) is 4.33. The Morgan fingerprint density at radius 1 is 1.44 bits per heavy atom. The van der Waals surface area contributed by atoms with Gasteiger partial charge in [-0.05, 0) is 24.6 Å². The first-order valence-corrected chi connectivity index (χ1v) is 8.46. The molecule has 0 unspecified atom stereocenters. The number of aliphatic hydroxyl groups is 2. The van der Waals surface area contributed by atoms with Crippen molar-refractivity contribution in [3.63, 3.8) is 0 Å². The number of benzene rings is 1. The van der Waals surface area contributed by atoms with Crippen LogP contribution >= 0.6 is 0 Å². The number of β-amino-alcohol motifs (C(OH)–C–C–N with tert-alkyl or cyclic N) is 1. The summed E-state index contributed by atoms with van der Waals surface area (Å²) in [5.41, 5.74) is 2.24. The molecule has 1 aromatic carbocycles. The molecule has 1 aliphatic rings. The van der Waals surface area contributed by atoms with Gasteiger partial charge in [-0.25, -0.2) is 4.98 Å². The van der Waals surface area contributed by atoms with Crippen molar-refractivity contribution < 1.29 is 19.7 Å². The molecule has 136 valence electrons. The van der Waals surface area contributed by atoms with E-state index in [0.717, 1.165) is 29.9 Å². The molecule has 3 rings (SSSR count). The Kier molecular flexibility index (Phi) is 5.52. The molecule has 0 saturated carbocycles. The smallest absolute Gasteiger partial charge is 0.251 e. The first-order chi connectivity index (χ1) is 12.1. The SMILES string of the molecule is Cn1c(N2CC[C@H](O)C2)nc2cc(C(=O)NCCOCCO)ccc21. The number of imidazole rings is 1. The van der Waals surface area contributed by atoms with Crippen LogP contribution in [0, 0.1) is 0 Å². The van der Waals surface area contributed by atoms with Crippen molar-refractivity contribution in [3.8, 4) is 0 Å². The third-order valence-electron chi connectivity index (χ3n) is 4.33. The lowest BCUT2D eigenvalue weighted by Crippen LogP contribution is -2.27. The summed E-state index contributed by atoms with van der Waals surface area (Å²) < 4.78 is 7.10. The summed E-state index contributed by atoms with van der Waals surface area (Å²) in [6.45, 7) is 2.35. The van der Waals surface area contributed by atoms with Crippen LogP contribution in [0.4, 0.5) is 5.95 Å². The van der Waals surface area contributed by atoms with E-state index in [1.54, 1.807) is 12.1 Å². The molecule has 8 nitrogen and oxygen atoms in total. The van der Waals surface area contributed by atoms with Gasteiger partial charge in [0, 0.05) is 32.2 Å². The fraction of sp³-hybridized carbons (Fsp3) is 0.529. The van der Waals surface area contributed by atoms with Gasteiger partial charge in [-0.3, -0.25) is 4.79 Å². The number of aryl methyl sites for hydroxylation is 1. The van der Waals surface area contributed by atoms with Gasteiger partial charge in [-0.15, -0.1) is 0 Å². The molecule has 1 atom stereocenters. The molecule has 25 heavy (non-hydrogen) atoms. The average molecular weight is 348 g/mol. The number of anilines is 1. The maximum Gasteiger partial charge on any atom is 0.251 e. The Hall–Kier alpha value is -2.16. The Morgan fingerprint density at radius 3 is 3.00 bits per heavy atom. The standard InChI is InChI=1S/C17H24N4O4/c1-20-15-3-2-12(16(24)18-5-8-25-9-7-22)10-14(15)19-17(20)21-6-4-13(23)11-21/h2-3,10,13,22-23H,4-9,11H2,1H3,(H,18,24)/t13-/m0/s1. The molecule has 0 spiro atoms. The van der Waals surface area contributed by atoms with Crippen LogP contribution < -0.4 is 10.2 Å². The van der Waals surface area contributed by atoms with Gasteiger partial charge in [0.1, 0.15) is 0 Å². The molecule has 1 saturated heterocycles. The number of ether oxygens (including phenoxy) is 1. The normalized spacial score (nSPS) is 17.4. The summed E-state index contributed by atoms with van der Waals surface area (Å²) in [6.07, 6.45) is 0.434. The van der Waals surface area contributed by atoms with Gasteiger partial charge >= 0.3 is 0 Å². The lowest BCUT2D eigenvalue weighted by atomic mass is 10.2. The summed E-state index contributed by atoms with van der Waals surface area (Å²) in [5, 5.41) is 21.1. The quantitative estimate of drug-likeness (QED) is 0.604. The summed E-state index contributed by atoms with van der Waals surface area (Å²) in [7, 11) is 1.94. The number of hydrogen-bond acceptors (Lipinski definition) is 6. The van der Waals surface area contributed by atoms with Gasteiger partial charge in [0.15, 0.2) is 0 Å². The molecule has 8 heteroatoms. The number of rotatable bonds is 7. The van der Waals surface area contributed by atoms with E-state index < -0.39 is 0 Å². The predicted molar refractivity (Wildman–Crippen MR) is 93.8 cm³/mol. The predicted octanol–water partition coefficient (Wildman–Crippen LogP) is -0.117. The molecule has 2 aromatic rings. The molecular weight excluding hydrogens is 324 g/mol. The Morgan fingerprint density at radius 2 is 2.28 bits per heavy atom. The lowest BCUT2D eigenvalue weighted by Gasteiger charge is -2.16. The molecule has 1 amide bonds. The van der Waals surface area contributed by atoms with Crippen LogP contribution in [0.5, 0.6) is 0 Å². The molecule has 1 fully saturated rings. The highest BCUT2D eigenvalue weighted by molar-refractivity contribution is 5.97. The summed E-state index contributed by atoms with van der Waals surface area (Å²) in [5.74, 6) is 0.625. The largest absolute Gasteiger partial charge is 0.394 e. The van der Waals surface area contributed by atoms with Crippen LogP contribution in [-0.2, 0) is 11.8 Å². The minimum absolute atomic E-state index is 0.0271. The number of nitrogens with one attached hydrogen (secondary N) is 1. The first-order valence-electron chi connectivity index (χ1n) is 8.46. The molecular formula is C17H24N4O4. The summed E-state index contributed by atoms with van der Waals surface area (Å²) in [4.78, 5) is 18.9. The molecule has 3 N–H and O–H groups in total. The number of fused-ring (bicyclic) bond motifs is 1. The number of amides is 1. The van der Waals surface area contributed by atoms with Crippen LogP contribution in [0.1, 0.15) is 16.8 Å². The van der Waals surface area contributed by atoms with Crippen LogP contribution in [0.15, 0.2) is 18.2 Å². The zero-order valence-electron chi connectivity index (χ0n) is 14.3. The first kappa shape index (κ1) is 17.7. The second-order valence-electron chi connectivity index (χ2n) is 6.15. The highest BCUT2D eigenvalue weighted by Crippen LogP contribution is 2.25. The van der Waals surface area contributed by atoms with Crippen molar-refractivity contribution in [2.24, 2.45) is 7.05 Å². The fourth-order valence-corrected chi connectivity index (χ4v) is 3.04. The number of carbonyl (C=O) groups is 1. The zero-order valence-corrected chi connectivity index (χ0v) is 14.3. The monoisotopic (exact) mass is 348 g/mol. The van der Waals surface area contributed by atoms with Crippen LogP contribution in [0.3, 0.4) is 0 Å². The van der Waals surface area contributed by atoms with E-state index in [-0.39, 0.29) is 25.2 Å². The Bertz CT molecular complexity index is 746. The second-order valence-corrected chi connectivity index (χ2v) is 6.15. The number of hydrogen-bond donors (Lipinski definition) is 3. The van der Waals surface area contributed by atoms with Crippen LogP contribution in [-0.4, -0.2) is 71.2 Å². The topological polar surface area (TPSA) is 99.9 Å². The number of carbonyl (C=O) groups excluding carboxylic acids is 1. The Labute approximate surface area is 146 Å². The van der Waals surface area contributed by atoms with Crippen molar-refractivity contribution in [3.05, 3.63) is 23.8 Å². The second kappa shape index (κ2) is 7.81. The van der Waals surface area contributed by atoms with Crippen molar-refractivity contribution in [2.75, 3.05) is 44.4 Å². The van der Waals surface area contributed by atoms with Crippen molar-refractivity contribution in [1.82, 2.24) is 14.9 Å². The number of aromatic nitrogens is 2. The Balaban J connectivity index is 1.70. The molecule has 0 radical (unpaired) electrons. The van der Waals surface area contributed by atoms with Gasteiger partial charge < -0.3 is 29.7 Å². The van der Waals surface area contributed by atoms with Crippen molar-refractivity contribution in [2.45, 2.75) is 12.5 Å². The lowest BCUT2D eigenvalue weighted by molar-refractivity contribution is 0.0838. The van der Waals surface area contributed by atoms with E-state index >= 15 is 0 Å². The van der Waals surface area contributed by atoms with Crippen LogP contribution in [0.25, 0.3) is 11.0 Å². The van der Waals surface area contributed by atoms with E-state index in [1.807, 2.05) is 17.7 Å². The molecule has 1 aliphatic heterocycles. The van der Waals surface area contributed by atoms with E-state index in [4.69, 9.17) is 9.84 Å². The minimum Gasteiger partial charge on any atom is -0.394 e. The molecule has 0 bridgehead atoms. The molecule has 2 heterocycles. The fourth-order valence-electron chi connectivity index (χ4n) is 3.04. The third kappa shape index (κ3) is 3.92. The highest BCUT2D eigenvalue weighted by Gasteiger charge is 2.24. The van der Waals surface area contributed by atoms with Gasteiger partial charge in [0.2, 0.25) is 5.95 Å². The maximum absolute atomic E-state index is 12.2. The van der Waals surface area contributed by atoms with E-state index in [2.05, 4.69) is 15.2 Å².